The van der Waals surface area contributed by atoms with Crippen molar-refractivity contribution in [2.24, 2.45) is 4.99 Å². The van der Waals surface area contributed by atoms with Crippen LogP contribution in [0.5, 0.6) is 0 Å². The van der Waals surface area contributed by atoms with E-state index in [9.17, 15) is 5.11 Å². The molecule has 3 rings (SSSR count). The molecule has 2 saturated heterocycles. The van der Waals surface area contributed by atoms with Gasteiger partial charge in [0.1, 0.15) is 0 Å². The highest BCUT2D eigenvalue weighted by Gasteiger charge is 2.40. The van der Waals surface area contributed by atoms with Crippen molar-refractivity contribution in [2.45, 2.75) is 50.7 Å². The number of rotatable bonds is 4. The molecule has 7 heteroatoms. The summed E-state index contributed by atoms with van der Waals surface area (Å²) in [5.41, 5.74) is 0.292. The Morgan fingerprint density at radius 1 is 1.25 bits per heavy atom. The van der Waals surface area contributed by atoms with E-state index < -0.39 is 0 Å². The maximum atomic E-state index is 9.82. The highest BCUT2D eigenvalue weighted by molar-refractivity contribution is 14.0. The van der Waals surface area contributed by atoms with Gasteiger partial charge in [-0.05, 0) is 26.2 Å². The summed E-state index contributed by atoms with van der Waals surface area (Å²) in [6.45, 7) is 8.00. The van der Waals surface area contributed by atoms with Crippen molar-refractivity contribution in [3.05, 3.63) is 0 Å². The van der Waals surface area contributed by atoms with E-state index in [2.05, 4.69) is 33.8 Å². The van der Waals surface area contributed by atoms with Crippen molar-refractivity contribution in [3.8, 4) is 0 Å². The Hall–Kier alpha value is 0.270. The van der Waals surface area contributed by atoms with E-state index in [1.54, 1.807) is 0 Å². The summed E-state index contributed by atoms with van der Waals surface area (Å²) in [5.74, 6) is 3.54. The molecular formula is C17H33IN4OS. The van der Waals surface area contributed by atoms with Gasteiger partial charge in [0.05, 0.1) is 12.6 Å². The molecule has 1 saturated carbocycles. The van der Waals surface area contributed by atoms with Crippen LogP contribution in [0.25, 0.3) is 0 Å². The number of halogens is 1. The number of hydrogen-bond donors (Lipinski definition) is 2. The van der Waals surface area contributed by atoms with Gasteiger partial charge in [0.25, 0.3) is 0 Å². The largest absolute Gasteiger partial charge is 0.391 e. The fourth-order valence-electron chi connectivity index (χ4n) is 4.23. The third-order valence-electron chi connectivity index (χ3n) is 5.54. The summed E-state index contributed by atoms with van der Waals surface area (Å²) in [6.07, 6.45) is 5.94. The van der Waals surface area contributed by atoms with Crippen LogP contribution >= 0.6 is 35.7 Å². The van der Waals surface area contributed by atoms with Gasteiger partial charge in [-0.2, -0.15) is 11.8 Å². The molecule has 0 unspecified atom stereocenters. The molecule has 2 aliphatic heterocycles. The van der Waals surface area contributed by atoms with Gasteiger partial charge in [0.2, 0.25) is 0 Å². The molecule has 1 atom stereocenters. The maximum absolute atomic E-state index is 9.82. The molecule has 2 heterocycles. The number of nitrogens with zero attached hydrogens (tertiary/aromatic N) is 3. The predicted molar refractivity (Wildman–Crippen MR) is 114 cm³/mol. The van der Waals surface area contributed by atoms with Crippen LogP contribution in [-0.2, 0) is 0 Å². The monoisotopic (exact) mass is 468 g/mol. The molecule has 1 aliphatic carbocycles. The zero-order valence-corrected chi connectivity index (χ0v) is 18.0. The maximum Gasteiger partial charge on any atom is 0.194 e. The zero-order chi connectivity index (χ0) is 16.1. The van der Waals surface area contributed by atoms with Crippen molar-refractivity contribution in [2.75, 3.05) is 50.8 Å². The first-order valence-electron chi connectivity index (χ1n) is 9.28. The Balaban J connectivity index is 0.00000208. The molecule has 0 aromatic carbocycles. The summed E-state index contributed by atoms with van der Waals surface area (Å²) in [6, 6.07) is 0. The van der Waals surface area contributed by atoms with E-state index in [0.29, 0.717) is 5.54 Å². The summed E-state index contributed by atoms with van der Waals surface area (Å²) in [5, 5.41) is 13.2. The first kappa shape index (κ1) is 20.6. The minimum Gasteiger partial charge on any atom is -0.391 e. The van der Waals surface area contributed by atoms with Crippen molar-refractivity contribution in [1.29, 1.82) is 0 Å². The topological polar surface area (TPSA) is 51.1 Å². The lowest BCUT2D eigenvalue weighted by Crippen LogP contribution is -2.53. The molecule has 5 nitrogen and oxygen atoms in total. The van der Waals surface area contributed by atoms with Gasteiger partial charge >= 0.3 is 0 Å². The van der Waals surface area contributed by atoms with Crippen molar-refractivity contribution < 1.29 is 5.11 Å². The second-order valence-electron chi connectivity index (χ2n) is 7.09. The van der Waals surface area contributed by atoms with Crippen LogP contribution in [0.1, 0.15) is 39.0 Å². The second-order valence-corrected chi connectivity index (χ2v) is 8.31. The van der Waals surface area contributed by atoms with E-state index >= 15 is 0 Å². The van der Waals surface area contributed by atoms with Gasteiger partial charge in [-0.1, -0.05) is 12.8 Å². The highest BCUT2D eigenvalue weighted by atomic mass is 127. The standard InChI is InChI=1S/C17H32N4OS.HI/c1-2-18-16(20-8-5-15(22)13-20)19-14-17(6-3-4-7-17)21-9-11-23-12-10-21;/h15,22H,2-14H2,1H3,(H,18,19);1H/t15-;/m1./s1. The molecule has 0 aromatic heterocycles. The van der Waals surface area contributed by atoms with Crippen LogP contribution in [0.2, 0.25) is 0 Å². The molecule has 0 bridgehead atoms. The molecule has 24 heavy (non-hydrogen) atoms. The summed E-state index contributed by atoms with van der Waals surface area (Å²) in [7, 11) is 0. The Labute approximate surface area is 168 Å². The normalized spacial score (nSPS) is 28.0. The van der Waals surface area contributed by atoms with Crippen LogP contribution in [0.4, 0.5) is 0 Å². The minimum atomic E-state index is -0.196. The molecule has 140 valence electrons. The smallest absolute Gasteiger partial charge is 0.194 e. The zero-order valence-electron chi connectivity index (χ0n) is 14.9. The second kappa shape index (κ2) is 9.83. The van der Waals surface area contributed by atoms with Crippen molar-refractivity contribution in [1.82, 2.24) is 15.1 Å². The van der Waals surface area contributed by atoms with E-state index in [-0.39, 0.29) is 30.1 Å². The average molecular weight is 468 g/mol. The van der Waals surface area contributed by atoms with E-state index in [1.165, 1.54) is 50.3 Å². The molecule has 0 aromatic rings. The molecule has 3 aliphatic rings. The average Bonchev–Trinajstić information content (AvgIpc) is 3.22. The van der Waals surface area contributed by atoms with Crippen LogP contribution in [0, 0.1) is 0 Å². The molecule has 0 amide bonds. The van der Waals surface area contributed by atoms with Gasteiger partial charge in [-0.25, -0.2) is 0 Å². The summed E-state index contributed by atoms with van der Waals surface area (Å²) >= 11 is 2.08. The third kappa shape index (κ3) is 4.92. The van der Waals surface area contributed by atoms with Crippen LogP contribution in [0.3, 0.4) is 0 Å². The van der Waals surface area contributed by atoms with Crippen molar-refractivity contribution in [3.63, 3.8) is 0 Å². The Morgan fingerprint density at radius 3 is 2.54 bits per heavy atom. The quantitative estimate of drug-likeness (QED) is 0.376. The SMILES string of the molecule is CCNC(=NCC1(N2CCSCC2)CCCC1)N1CC[C@@H](O)C1.I. The van der Waals surface area contributed by atoms with Crippen LogP contribution in [-0.4, -0.2) is 83.3 Å². The molecule has 2 N–H and O–H groups in total. The van der Waals surface area contributed by atoms with Gasteiger partial charge in [0, 0.05) is 49.8 Å². The highest BCUT2D eigenvalue weighted by Crippen LogP contribution is 2.37. The lowest BCUT2D eigenvalue weighted by Gasteiger charge is -2.42. The van der Waals surface area contributed by atoms with Gasteiger partial charge in [-0.15, -0.1) is 24.0 Å². The fourth-order valence-corrected chi connectivity index (χ4v) is 5.13. The number of guanidine groups is 1. The van der Waals surface area contributed by atoms with Gasteiger partial charge in [0.15, 0.2) is 5.96 Å². The number of β-amino-alcohol motifs (C(OH)–C–C–N with tert-alkyl or cyclic N) is 1. The number of aliphatic imine (C=N–C) groups is 1. The Kier molecular flexibility index (Phi) is 8.43. The summed E-state index contributed by atoms with van der Waals surface area (Å²) < 4.78 is 0. The third-order valence-corrected chi connectivity index (χ3v) is 6.48. The predicted octanol–water partition coefficient (Wildman–Crippen LogP) is 2.00. The summed E-state index contributed by atoms with van der Waals surface area (Å²) in [4.78, 5) is 9.98. The van der Waals surface area contributed by atoms with Crippen LogP contribution < -0.4 is 5.32 Å². The van der Waals surface area contributed by atoms with E-state index in [4.69, 9.17) is 4.99 Å². The first-order valence-corrected chi connectivity index (χ1v) is 10.4. The Morgan fingerprint density at radius 2 is 1.96 bits per heavy atom. The Bertz CT molecular complexity index is 411. The molecule has 3 fully saturated rings. The van der Waals surface area contributed by atoms with E-state index in [0.717, 1.165) is 38.6 Å². The lowest BCUT2D eigenvalue weighted by atomic mass is 9.95. The van der Waals surface area contributed by atoms with Gasteiger partial charge < -0.3 is 15.3 Å². The van der Waals surface area contributed by atoms with Gasteiger partial charge in [-0.3, -0.25) is 9.89 Å². The van der Waals surface area contributed by atoms with Crippen molar-refractivity contribution >= 4 is 41.7 Å². The number of aliphatic hydroxyl groups excluding tert-OH is 1. The fraction of sp³-hybridized carbons (Fsp3) is 0.941. The van der Waals surface area contributed by atoms with Crippen LogP contribution in [0.15, 0.2) is 4.99 Å². The number of aliphatic hydroxyl groups is 1. The number of nitrogens with one attached hydrogen (secondary N) is 1. The molecule has 0 radical (unpaired) electrons. The molecular weight excluding hydrogens is 435 g/mol. The first-order chi connectivity index (χ1) is 11.2. The number of likely N-dealkylation sites (tertiary alicyclic amines) is 1. The van der Waals surface area contributed by atoms with E-state index in [1.807, 2.05) is 0 Å². The number of hydrogen-bond acceptors (Lipinski definition) is 4. The minimum absolute atomic E-state index is 0. The molecule has 0 spiro atoms. The number of thioether (sulfide) groups is 1. The lowest BCUT2D eigenvalue weighted by molar-refractivity contribution is 0.112.